The summed E-state index contributed by atoms with van der Waals surface area (Å²) < 4.78 is 0. The van der Waals surface area contributed by atoms with Crippen LogP contribution in [0.15, 0.2) is 34.2 Å². The lowest BCUT2D eigenvalue weighted by atomic mass is 10.1. The zero-order valence-electron chi connectivity index (χ0n) is 13.3. The molecule has 0 spiro atoms. The molecule has 1 heterocycles. The van der Waals surface area contributed by atoms with Gasteiger partial charge < -0.3 is 16.0 Å². The number of carbonyl (C=O) groups excluding carboxylic acids is 1. The van der Waals surface area contributed by atoms with Crippen molar-refractivity contribution in [1.29, 1.82) is 0 Å². The van der Waals surface area contributed by atoms with Gasteiger partial charge in [-0.15, -0.1) is 0 Å². The molecule has 1 amide bonds. The van der Waals surface area contributed by atoms with E-state index in [9.17, 15) is 9.59 Å². The Labute approximate surface area is 138 Å². The molecule has 1 atom stereocenters. The van der Waals surface area contributed by atoms with E-state index in [1.54, 1.807) is 6.92 Å². The molecule has 122 valence electrons. The Balaban J connectivity index is 2.13. The zero-order valence-corrected chi connectivity index (χ0v) is 14.2. The number of aromatic amines is 1. The normalized spacial score (nSPS) is 12.0. The van der Waals surface area contributed by atoms with Crippen molar-refractivity contribution in [3.05, 3.63) is 45.7 Å². The molecule has 0 fully saturated rings. The van der Waals surface area contributed by atoms with Crippen molar-refractivity contribution < 1.29 is 4.79 Å². The fourth-order valence-corrected chi connectivity index (χ4v) is 2.98. The van der Waals surface area contributed by atoms with E-state index in [1.165, 1.54) is 6.07 Å². The molecule has 4 N–H and O–H groups in total. The monoisotopic (exact) mass is 332 g/mol. The van der Waals surface area contributed by atoms with Crippen LogP contribution in [0, 0.1) is 6.92 Å². The van der Waals surface area contributed by atoms with Gasteiger partial charge in [0, 0.05) is 11.8 Å². The smallest absolute Gasteiger partial charge is 0.253 e. The number of nitrogen functional groups attached to an aromatic ring is 1. The lowest BCUT2D eigenvalue weighted by Crippen LogP contribution is -2.24. The van der Waals surface area contributed by atoms with Gasteiger partial charge in [0.1, 0.15) is 5.82 Å². The molecule has 1 aromatic carbocycles. The molecule has 23 heavy (non-hydrogen) atoms. The highest BCUT2D eigenvalue weighted by molar-refractivity contribution is 8.00. The second kappa shape index (κ2) is 7.32. The second-order valence-electron chi connectivity index (χ2n) is 5.19. The van der Waals surface area contributed by atoms with E-state index in [0.29, 0.717) is 5.16 Å². The standard InChI is InChI=1S/C16H20N4O2S/c1-4-11-7-5-6-9(2)14(11)20-15(22)10(3)23-16-18-12(17)8-13(21)19-16/h5-8,10H,4H2,1-3H3,(H,20,22)(H3,17,18,19,21)/t10-/m0/s1. The Morgan fingerprint density at radius 2 is 2.22 bits per heavy atom. The van der Waals surface area contributed by atoms with E-state index in [-0.39, 0.29) is 17.3 Å². The van der Waals surface area contributed by atoms with Gasteiger partial charge >= 0.3 is 0 Å². The van der Waals surface area contributed by atoms with E-state index in [4.69, 9.17) is 5.73 Å². The summed E-state index contributed by atoms with van der Waals surface area (Å²) in [5.74, 6) is -0.0138. The lowest BCUT2D eigenvalue weighted by molar-refractivity contribution is -0.115. The summed E-state index contributed by atoms with van der Waals surface area (Å²) >= 11 is 1.16. The maximum Gasteiger partial charge on any atom is 0.253 e. The van der Waals surface area contributed by atoms with Crippen LogP contribution < -0.4 is 16.6 Å². The van der Waals surface area contributed by atoms with Gasteiger partial charge in [-0.3, -0.25) is 9.59 Å². The molecule has 0 bridgehead atoms. The number of rotatable bonds is 5. The minimum atomic E-state index is -0.427. The number of benzene rings is 1. The Morgan fingerprint density at radius 3 is 2.87 bits per heavy atom. The van der Waals surface area contributed by atoms with Gasteiger partial charge in [0.15, 0.2) is 5.16 Å². The van der Waals surface area contributed by atoms with Crippen molar-refractivity contribution in [2.45, 2.75) is 37.6 Å². The van der Waals surface area contributed by atoms with Crippen LogP contribution in [0.4, 0.5) is 11.5 Å². The zero-order chi connectivity index (χ0) is 17.0. The van der Waals surface area contributed by atoms with Crippen molar-refractivity contribution in [1.82, 2.24) is 9.97 Å². The van der Waals surface area contributed by atoms with Crippen LogP contribution >= 0.6 is 11.8 Å². The van der Waals surface area contributed by atoms with Gasteiger partial charge in [0.05, 0.1) is 5.25 Å². The Kier molecular flexibility index (Phi) is 5.44. The number of carbonyl (C=O) groups is 1. The number of aromatic nitrogens is 2. The van der Waals surface area contributed by atoms with Crippen LogP contribution in [-0.2, 0) is 11.2 Å². The molecule has 0 radical (unpaired) electrons. The number of hydrogen-bond acceptors (Lipinski definition) is 5. The fraction of sp³-hybridized carbons (Fsp3) is 0.312. The fourth-order valence-electron chi connectivity index (χ4n) is 2.16. The molecule has 7 heteroatoms. The van der Waals surface area contributed by atoms with Gasteiger partial charge in [-0.2, -0.15) is 0 Å². The first kappa shape index (κ1) is 17.1. The third kappa shape index (κ3) is 4.35. The number of hydrogen-bond donors (Lipinski definition) is 3. The first-order chi connectivity index (χ1) is 10.9. The highest BCUT2D eigenvalue weighted by Crippen LogP contribution is 2.24. The Bertz CT molecular complexity index is 773. The summed E-state index contributed by atoms with van der Waals surface area (Å²) in [7, 11) is 0. The van der Waals surface area contributed by atoms with E-state index in [0.717, 1.165) is 35.0 Å². The maximum atomic E-state index is 12.4. The molecule has 6 nitrogen and oxygen atoms in total. The first-order valence-electron chi connectivity index (χ1n) is 7.33. The molecule has 0 saturated heterocycles. The SMILES string of the molecule is CCc1cccc(C)c1NC(=O)[C@H](C)Sc1nc(N)cc(=O)[nH]1. The number of thioether (sulfide) groups is 1. The van der Waals surface area contributed by atoms with Crippen molar-refractivity contribution in [2.24, 2.45) is 0 Å². The summed E-state index contributed by atoms with van der Waals surface area (Å²) in [6.07, 6.45) is 0.836. The molecule has 0 unspecified atom stereocenters. The number of para-hydroxylation sites is 1. The molecule has 1 aromatic heterocycles. The van der Waals surface area contributed by atoms with E-state index >= 15 is 0 Å². The topological polar surface area (TPSA) is 101 Å². The highest BCUT2D eigenvalue weighted by atomic mass is 32.2. The van der Waals surface area contributed by atoms with E-state index < -0.39 is 5.25 Å². The van der Waals surface area contributed by atoms with Crippen molar-refractivity contribution in [2.75, 3.05) is 11.1 Å². The third-order valence-corrected chi connectivity index (χ3v) is 4.37. The van der Waals surface area contributed by atoms with Gasteiger partial charge in [-0.05, 0) is 31.4 Å². The average molecular weight is 332 g/mol. The molecule has 2 aromatic rings. The van der Waals surface area contributed by atoms with Crippen molar-refractivity contribution in [3.63, 3.8) is 0 Å². The van der Waals surface area contributed by atoms with Crippen LogP contribution in [0.1, 0.15) is 25.0 Å². The van der Waals surface area contributed by atoms with Gasteiger partial charge in [0.25, 0.3) is 5.56 Å². The number of H-pyrrole nitrogens is 1. The molecule has 0 aliphatic rings. The largest absolute Gasteiger partial charge is 0.383 e. The second-order valence-corrected chi connectivity index (χ2v) is 6.52. The van der Waals surface area contributed by atoms with Crippen molar-refractivity contribution in [3.8, 4) is 0 Å². The van der Waals surface area contributed by atoms with Crippen molar-refractivity contribution >= 4 is 29.2 Å². The Hall–Kier alpha value is -2.28. The summed E-state index contributed by atoms with van der Waals surface area (Å²) in [6.45, 7) is 5.76. The summed E-state index contributed by atoms with van der Waals surface area (Å²) in [5, 5.41) is 2.87. The maximum absolute atomic E-state index is 12.4. The number of anilines is 2. The Morgan fingerprint density at radius 1 is 1.48 bits per heavy atom. The molecule has 0 saturated carbocycles. The number of aryl methyl sites for hydroxylation is 2. The first-order valence-corrected chi connectivity index (χ1v) is 8.21. The predicted octanol–water partition coefficient (Wildman–Crippen LogP) is 2.34. The van der Waals surface area contributed by atoms with E-state index in [2.05, 4.69) is 15.3 Å². The van der Waals surface area contributed by atoms with E-state index in [1.807, 2.05) is 32.0 Å². The summed E-state index contributed by atoms with van der Waals surface area (Å²) in [6, 6.07) is 7.14. The van der Waals surface area contributed by atoms with Crippen LogP contribution in [0.2, 0.25) is 0 Å². The molecular formula is C16H20N4O2S. The quantitative estimate of drug-likeness (QED) is 0.576. The molecule has 0 aliphatic carbocycles. The molecule has 2 rings (SSSR count). The minimum absolute atomic E-state index is 0.135. The molecule has 0 aliphatic heterocycles. The average Bonchev–Trinajstić information content (AvgIpc) is 2.48. The molecular weight excluding hydrogens is 312 g/mol. The number of nitrogens with two attached hydrogens (primary N) is 1. The van der Waals surface area contributed by atoms with Gasteiger partial charge in [-0.25, -0.2) is 4.98 Å². The van der Waals surface area contributed by atoms with Crippen LogP contribution in [-0.4, -0.2) is 21.1 Å². The van der Waals surface area contributed by atoms with Crippen LogP contribution in [0.25, 0.3) is 0 Å². The summed E-state index contributed by atoms with van der Waals surface area (Å²) in [5.41, 5.74) is 8.17. The number of nitrogens with one attached hydrogen (secondary N) is 2. The van der Waals surface area contributed by atoms with Gasteiger partial charge in [-0.1, -0.05) is 36.9 Å². The third-order valence-electron chi connectivity index (χ3n) is 3.39. The van der Waals surface area contributed by atoms with Gasteiger partial charge in [0.2, 0.25) is 5.91 Å². The predicted molar refractivity (Wildman–Crippen MR) is 93.8 cm³/mol. The number of amides is 1. The summed E-state index contributed by atoms with van der Waals surface area (Å²) in [4.78, 5) is 30.4. The minimum Gasteiger partial charge on any atom is -0.383 e. The lowest BCUT2D eigenvalue weighted by Gasteiger charge is -2.16. The number of nitrogens with zero attached hydrogens (tertiary/aromatic N) is 1. The van der Waals surface area contributed by atoms with Crippen LogP contribution in [0.3, 0.4) is 0 Å². The van der Waals surface area contributed by atoms with Crippen LogP contribution in [0.5, 0.6) is 0 Å². The highest BCUT2D eigenvalue weighted by Gasteiger charge is 2.18.